The Kier molecular flexibility index (Phi) is 4.75. The Balaban J connectivity index is 1.75. The second-order valence-electron chi connectivity index (χ2n) is 5.79. The van der Waals surface area contributed by atoms with Crippen molar-refractivity contribution in [1.29, 1.82) is 5.26 Å². The van der Waals surface area contributed by atoms with Crippen LogP contribution in [0.25, 0.3) is 0 Å². The Bertz CT molecular complexity index is 886. The molecule has 0 aromatic carbocycles. The van der Waals surface area contributed by atoms with Gasteiger partial charge in [0.05, 0.1) is 6.54 Å². The Hall–Kier alpha value is -3.21. The van der Waals surface area contributed by atoms with E-state index in [1.54, 1.807) is 24.2 Å². The molecule has 1 atom stereocenters. The number of hydrogen-bond acceptors (Lipinski definition) is 6. The number of pyridine rings is 1. The minimum absolute atomic E-state index is 0.114. The molecular weight excluding hydrogens is 322 g/mol. The molecule has 2 aromatic rings. The van der Waals surface area contributed by atoms with Gasteiger partial charge in [0.1, 0.15) is 17.7 Å². The van der Waals surface area contributed by atoms with Crippen molar-refractivity contribution in [3.8, 4) is 11.9 Å². The van der Waals surface area contributed by atoms with Crippen LogP contribution in [0, 0.1) is 11.3 Å². The second-order valence-corrected chi connectivity index (χ2v) is 5.79. The number of rotatable bonds is 3. The van der Waals surface area contributed by atoms with Crippen molar-refractivity contribution in [2.24, 2.45) is 7.05 Å². The predicted molar refractivity (Wildman–Crippen MR) is 88.0 cm³/mol. The van der Waals surface area contributed by atoms with Crippen LogP contribution >= 0.6 is 0 Å². The van der Waals surface area contributed by atoms with Crippen LogP contribution in [0.5, 0.6) is 5.88 Å². The van der Waals surface area contributed by atoms with Gasteiger partial charge in [-0.15, -0.1) is 0 Å². The third-order valence-electron chi connectivity index (χ3n) is 4.07. The summed E-state index contributed by atoms with van der Waals surface area (Å²) in [4.78, 5) is 34.4. The third kappa shape index (κ3) is 3.50. The molecule has 0 radical (unpaired) electrons. The lowest BCUT2D eigenvalue weighted by molar-refractivity contribution is 0.0524. The first-order valence-electron chi connectivity index (χ1n) is 7.93. The topological polar surface area (TPSA) is 101 Å². The first-order chi connectivity index (χ1) is 12.1. The zero-order valence-electron chi connectivity index (χ0n) is 13.8. The van der Waals surface area contributed by atoms with Crippen molar-refractivity contribution >= 4 is 5.91 Å². The second kappa shape index (κ2) is 7.13. The molecule has 3 heterocycles. The molecule has 0 bridgehead atoms. The maximum Gasteiger partial charge on any atom is 0.263 e. The number of ether oxygens (including phenoxy) is 1. The molecule has 0 saturated carbocycles. The molecule has 25 heavy (non-hydrogen) atoms. The summed E-state index contributed by atoms with van der Waals surface area (Å²) in [6, 6.07) is 5.14. The van der Waals surface area contributed by atoms with Gasteiger partial charge in [0.15, 0.2) is 0 Å². The summed E-state index contributed by atoms with van der Waals surface area (Å²) in [6.45, 7) is 0.890. The minimum atomic E-state index is -0.323. The summed E-state index contributed by atoms with van der Waals surface area (Å²) < 4.78 is 7.15. The van der Waals surface area contributed by atoms with Crippen molar-refractivity contribution in [2.45, 2.75) is 18.9 Å². The highest BCUT2D eigenvalue weighted by atomic mass is 16.5. The first kappa shape index (κ1) is 16.6. The van der Waals surface area contributed by atoms with E-state index in [2.05, 4.69) is 9.97 Å². The molecule has 1 fully saturated rings. The van der Waals surface area contributed by atoms with E-state index in [0.717, 1.165) is 12.8 Å². The summed E-state index contributed by atoms with van der Waals surface area (Å²) in [5, 5.41) is 9.06. The van der Waals surface area contributed by atoms with Crippen molar-refractivity contribution in [2.75, 3.05) is 13.1 Å². The van der Waals surface area contributed by atoms with Crippen LogP contribution in [0.1, 0.15) is 28.9 Å². The lowest BCUT2D eigenvalue weighted by atomic mass is 10.1. The molecule has 3 rings (SSSR count). The van der Waals surface area contributed by atoms with Crippen LogP contribution in [-0.2, 0) is 7.05 Å². The fraction of sp³-hybridized carbons (Fsp3) is 0.353. The average Bonchev–Trinajstić information content (AvgIpc) is 2.64. The van der Waals surface area contributed by atoms with E-state index in [4.69, 9.17) is 10.00 Å². The van der Waals surface area contributed by atoms with Crippen LogP contribution in [0.4, 0.5) is 0 Å². The van der Waals surface area contributed by atoms with Crippen LogP contribution < -0.4 is 10.3 Å². The molecule has 0 aliphatic carbocycles. The Morgan fingerprint density at radius 2 is 2.20 bits per heavy atom. The van der Waals surface area contributed by atoms with Gasteiger partial charge in [0.25, 0.3) is 17.3 Å². The normalized spacial score (nSPS) is 17.0. The SMILES string of the molecule is Cn1cccc(C(=O)N2CCC[C@H](Oc3nccnc3C#N)C2)c1=O. The van der Waals surface area contributed by atoms with E-state index >= 15 is 0 Å². The molecule has 0 unspecified atom stereocenters. The number of carbonyl (C=O) groups excluding carboxylic acids is 1. The van der Waals surface area contributed by atoms with E-state index in [1.165, 1.54) is 23.0 Å². The first-order valence-corrected chi connectivity index (χ1v) is 7.93. The van der Waals surface area contributed by atoms with E-state index in [9.17, 15) is 9.59 Å². The highest BCUT2D eigenvalue weighted by Crippen LogP contribution is 2.19. The van der Waals surface area contributed by atoms with Gasteiger partial charge >= 0.3 is 0 Å². The standard InChI is InChI=1S/C17H17N5O3/c1-21-8-3-5-13(16(21)23)17(24)22-9-2-4-12(11-22)25-15-14(10-18)19-6-7-20-15/h3,5-8,12H,2,4,9,11H2,1H3/t12-/m0/s1. The maximum atomic E-state index is 12.7. The van der Waals surface area contributed by atoms with Gasteiger partial charge < -0.3 is 14.2 Å². The average molecular weight is 339 g/mol. The summed E-state index contributed by atoms with van der Waals surface area (Å²) in [5.41, 5.74) is -0.0676. The number of hydrogen-bond donors (Lipinski definition) is 0. The summed E-state index contributed by atoms with van der Waals surface area (Å²) >= 11 is 0. The number of piperidine rings is 1. The van der Waals surface area contributed by atoms with Gasteiger partial charge in [0, 0.05) is 32.2 Å². The largest absolute Gasteiger partial charge is 0.470 e. The zero-order chi connectivity index (χ0) is 17.8. The smallest absolute Gasteiger partial charge is 0.263 e. The van der Waals surface area contributed by atoms with Crippen LogP contribution in [-0.4, -0.2) is 44.5 Å². The number of aryl methyl sites for hydroxylation is 1. The maximum absolute atomic E-state index is 12.7. The fourth-order valence-corrected chi connectivity index (χ4v) is 2.80. The molecule has 1 amide bonds. The van der Waals surface area contributed by atoms with Crippen LogP contribution in [0.15, 0.2) is 35.5 Å². The molecule has 1 aliphatic rings. The van der Waals surface area contributed by atoms with Gasteiger partial charge in [-0.25, -0.2) is 9.97 Å². The van der Waals surface area contributed by atoms with Crippen molar-refractivity contribution < 1.29 is 9.53 Å². The van der Waals surface area contributed by atoms with Gasteiger partial charge in [-0.05, 0) is 25.0 Å². The molecule has 1 saturated heterocycles. The van der Waals surface area contributed by atoms with E-state index in [0.29, 0.717) is 13.1 Å². The monoisotopic (exact) mass is 339 g/mol. The molecule has 0 spiro atoms. The number of nitriles is 1. The van der Waals surface area contributed by atoms with Crippen molar-refractivity contribution in [3.63, 3.8) is 0 Å². The number of nitrogens with zero attached hydrogens (tertiary/aromatic N) is 5. The number of likely N-dealkylation sites (tertiary alicyclic amines) is 1. The fourth-order valence-electron chi connectivity index (χ4n) is 2.80. The highest BCUT2D eigenvalue weighted by molar-refractivity contribution is 5.93. The van der Waals surface area contributed by atoms with Crippen molar-refractivity contribution in [3.05, 3.63) is 52.3 Å². The lowest BCUT2D eigenvalue weighted by Crippen LogP contribution is -2.46. The van der Waals surface area contributed by atoms with E-state index < -0.39 is 0 Å². The molecule has 1 aliphatic heterocycles. The Labute approximate surface area is 144 Å². The van der Waals surface area contributed by atoms with E-state index in [-0.39, 0.29) is 34.7 Å². The van der Waals surface area contributed by atoms with Crippen LogP contribution in [0.3, 0.4) is 0 Å². The van der Waals surface area contributed by atoms with Gasteiger partial charge in [-0.3, -0.25) is 9.59 Å². The number of amides is 1. The highest BCUT2D eigenvalue weighted by Gasteiger charge is 2.28. The summed E-state index contributed by atoms with van der Waals surface area (Å²) in [5.74, 6) is -0.144. The molecule has 8 nitrogen and oxygen atoms in total. The summed E-state index contributed by atoms with van der Waals surface area (Å²) in [6.07, 6.45) is 5.67. The molecular formula is C17H17N5O3. The van der Waals surface area contributed by atoms with E-state index in [1.807, 2.05) is 6.07 Å². The van der Waals surface area contributed by atoms with Crippen molar-refractivity contribution in [1.82, 2.24) is 19.4 Å². The quantitative estimate of drug-likeness (QED) is 0.817. The lowest BCUT2D eigenvalue weighted by Gasteiger charge is -2.32. The summed E-state index contributed by atoms with van der Waals surface area (Å²) in [7, 11) is 1.61. The molecule has 128 valence electrons. The Morgan fingerprint density at radius 3 is 3.00 bits per heavy atom. The molecule has 2 aromatic heterocycles. The Morgan fingerprint density at radius 1 is 1.40 bits per heavy atom. The molecule has 8 heteroatoms. The number of aromatic nitrogens is 3. The number of carbonyl (C=O) groups is 1. The van der Waals surface area contributed by atoms with Gasteiger partial charge in [-0.2, -0.15) is 5.26 Å². The minimum Gasteiger partial charge on any atom is -0.470 e. The third-order valence-corrected chi connectivity index (χ3v) is 4.07. The van der Waals surface area contributed by atoms with Crippen LogP contribution in [0.2, 0.25) is 0 Å². The van der Waals surface area contributed by atoms with Gasteiger partial charge in [-0.1, -0.05) is 0 Å². The predicted octanol–water partition coefficient (Wildman–Crippen LogP) is 0.731. The van der Waals surface area contributed by atoms with Gasteiger partial charge in [0.2, 0.25) is 5.69 Å². The zero-order valence-corrected chi connectivity index (χ0v) is 13.8. The molecule has 0 N–H and O–H groups in total.